The van der Waals surface area contributed by atoms with Gasteiger partial charge >= 0.3 is 5.97 Å². The van der Waals surface area contributed by atoms with Gasteiger partial charge in [-0.05, 0) is 19.9 Å². The first kappa shape index (κ1) is 13.5. The minimum Gasteiger partial charge on any atom is -0.477 e. The highest BCUT2D eigenvalue weighted by Gasteiger charge is 2.31. The van der Waals surface area contributed by atoms with Crippen LogP contribution in [0.2, 0.25) is 0 Å². The van der Waals surface area contributed by atoms with E-state index in [1.807, 2.05) is 6.92 Å². The van der Waals surface area contributed by atoms with Crippen LogP contribution in [0.15, 0.2) is 12.3 Å². The van der Waals surface area contributed by atoms with E-state index in [2.05, 4.69) is 10.1 Å². The molecular formula is C14H14FN3O3. The van der Waals surface area contributed by atoms with Crippen molar-refractivity contribution in [3.8, 4) is 17.1 Å². The summed E-state index contributed by atoms with van der Waals surface area (Å²) in [6, 6.07) is 1.49. The summed E-state index contributed by atoms with van der Waals surface area (Å²) in [5.74, 6) is -1.61. The number of fused-ring (bicyclic) bond motifs is 1. The summed E-state index contributed by atoms with van der Waals surface area (Å²) in [7, 11) is 0. The lowest BCUT2D eigenvalue weighted by molar-refractivity contribution is 0.0684. The molecule has 0 fully saturated rings. The van der Waals surface area contributed by atoms with E-state index in [1.165, 1.54) is 10.7 Å². The first-order valence-electron chi connectivity index (χ1n) is 6.60. The van der Waals surface area contributed by atoms with Gasteiger partial charge < -0.3 is 9.84 Å². The van der Waals surface area contributed by atoms with Crippen LogP contribution >= 0.6 is 0 Å². The number of hydrogen-bond donors (Lipinski definition) is 1. The molecule has 0 saturated heterocycles. The van der Waals surface area contributed by atoms with Crippen molar-refractivity contribution in [2.24, 2.45) is 0 Å². The molecule has 0 amide bonds. The van der Waals surface area contributed by atoms with E-state index in [4.69, 9.17) is 4.74 Å². The number of ether oxygens (including phenoxy) is 1. The molecule has 1 atom stereocenters. The van der Waals surface area contributed by atoms with Crippen LogP contribution in [0.4, 0.5) is 4.39 Å². The molecule has 2 aromatic heterocycles. The van der Waals surface area contributed by atoms with Crippen LogP contribution in [-0.4, -0.2) is 31.9 Å². The van der Waals surface area contributed by atoms with E-state index in [9.17, 15) is 14.3 Å². The van der Waals surface area contributed by atoms with Gasteiger partial charge in [-0.25, -0.2) is 13.9 Å². The van der Waals surface area contributed by atoms with Crippen molar-refractivity contribution in [3.05, 3.63) is 29.3 Å². The van der Waals surface area contributed by atoms with Crippen LogP contribution in [-0.2, 0) is 6.54 Å². The van der Waals surface area contributed by atoms with Crippen molar-refractivity contribution >= 4 is 5.97 Å². The second kappa shape index (κ2) is 4.83. The Kier molecular flexibility index (Phi) is 3.12. The fraction of sp³-hybridized carbons (Fsp3) is 0.357. The zero-order valence-corrected chi connectivity index (χ0v) is 11.6. The van der Waals surface area contributed by atoms with Gasteiger partial charge in [-0.3, -0.25) is 4.98 Å². The Morgan fingerprint density at radius 3 is 3.05 bits per heavy atom. The zero-order valence-electron chi connectivity index (χ0n) is 11.6. The Balaban J connectivity index is 2.23. The highest BCUT2D eigenvalue weighted by molar-refractivity contribution is 5.97. The standard InChI is InChI=1S/C14H14FN3O3/c1-7-5-9(10(15)6-16-7)12-11(14(19)20)13-18(17-12)4-3-8(2)21-13/h5-6,8H,3-4H2,1-2H3,(H,19,20)/t8-/m1/s1. The summed E-state index contributed by atoms with van der Waals surface area (Å²) < 4.78 is 21.1. The van der Waals surface area contributed by atoms with Crippen molar-refractivity contribution < 1.29 is 19.0 Å². The SMILES string of the molecule is Cc1cc(-c2nn3c(c2C(=O)O)O[C@H](C)CC3)c(F)cn1. The number of hydrogen-bond acceptors (Lipinski definition) is 4. The number of carbonyl (C=O) groups is 1. The van der Waals surface area contributed by atoms with Crippen LogP contribution in [0.3, 0.4) is 0 Å². The van der Waals surface area contributed by atoms with E-state index in [-0.39, 0.29) is 28.8 Å². The highest BCUT2D eigenvalue weighted by Crippen LogP contribution is 2.35. The van der Waals surface area contributed by atoms with Crippen LogP contribution < -0.4 is 4.74 Å². The second-order valence-corrected chi connectivity index (χ2v) is 5.08. The summed E-state index contributed by atoms with van der Waals surface area (Å²) in [6.07, 6.45) is 1.70. The molecular weight excluding hydrogens is 277 g/mol. The fourth-order valence-electron chi connectivity index (χ4n) is 2.38. The molecule has 6 nitrogen and oxygen atoms in total. The average Bonchev–Trinajstić information content (AvgIpc) is 2.79. The number of carboxylic acid groups (broad SMARTS) is 1. The third-order valence-electron chi connectivity index (χ3n) is 3.43. The second-order valence-electron chi connectivity index (χ2n) is 5.08. The molecule has 0 aliphatic carbocycles. The van der Waals surface area contributed by atoms with Gasteiger partial charge in [0.05, 0.1) is 12.3 Å². The Hall–Kier alpha value is -2.44. The molecule has 1 aliphatic heterocycles. The maximum atomic E-state index is 14.0. The number of aryl methyl sites for hydroxylation is 2. The molecule has 7 heteroatoms. The summed E-state index contributed by atoms with van der Waals surface area (Å²) in [5, 5.41) is 13.7. The van der Waals surface area contributed by atoms with Crippen molar-refractivity contribution in [2.75, 3.05) is 0 Å². The minimum atomic E-state index is -1.19. The molecule has 0 saturated carbocycles. The van der Waals surface area contributed by atoms with E-state index in [0.29, 0.717) is 12.2 Å². The van der Waals surface area contributed by atoms with Crippen molar-refractivity contribution in [1.82, 2.24) is 14.8 Å². The van der Waals surface area contributed by atoms with Crippen LogP contribution in [0.25, 0.3) is 11.3 Å². The van der Waals surface area contributed by atoms with Gasteiger partial charge in [-0.1, -0.05) is 0 Å². The van der Waals surface area contributed by atoms with Gasteiger partial charge in [0, 0.05) is 24.2 Å². The van der Waals surface area contributed by atoms with Gasteiger partial charge in [0.2, 0.25) is 5.88 Å². The highest BCUT2D eigenvalue weighted by atomic mass is 19.1. The van der Waals surface area contributed by atoms with E-state index >= 15 is 0 Å². The maximum Gasteiger partial charge on any atom is 0.343 e. The molecule has 0 spiro atoms. The van der Waals surface area contributed by atoms with Crippen molar-refractivity contribution in [3.63, 3.8) is 0 Å². The smallest absolute Gasteiger partial charge is 0.343 e. The lowest BCUT2D eigenvalue weighted by Gasteiger charge is -2.21. The molecule has 1 N–H and O–H groups in total. The number of carboxylic acids is 1. The largest absolute Gasteiger partial charge is 0.477 e. The van der Waals surface area contributed by atoms with E-state index in [1.54, 1.807) is 6.92 Å². The first-order chi connectivity index (χ1) is 9.97. The molecule has 0 aromatic carbocycles. The van der Waals surface area contributed by atoms with Crippen LogP contribution in [0.5, 0.6) is 5.88 Å². The summed E-state index contributed by atoms with van der Waals surface area (Å²) >= 11 is 0. The third kappa shape index (κ3) is 2.24. The van der Waals surface area contributed by atoms with Gasteiger partial charge in [-0.2, -0.15) is 5.10 Å². The van der Waals surface area contributed by atoms with Gasteiger partial charge in [-0.15, -0.1) is 0 Å². The number of aromatic carboxylic acids is 1. The summed E-state index contributed by atoms with van der Waals surface area (Å²) in [6.45, 7) is 4.11. The monoisotopic (exact) mass is 291 g/mol. The van der Waals surface area contributed by atoms with E-state index < -0.39 is 11.8 Å². The van der Waals surface area contributed by atoms with Crippen LogP contribution in [0.1, 0.15) is 29.4 Å². The molecule has 3 heterocycles. The topological polar surface area (TPSA) is 77.2 Å². The maximum absolute atomic E-state index is 14.0. The Labute approximate surface area is 120 Å². The van der Waals surface area contributed by atoms with Crippen molar-refractivity contribution in [1.29, 1.82) is 0 Å². The summed E-state index contributed by atoms with van der Waals surface area (Å²) in [4.78, 5) is 15.4. The number of nitrogens with zero attached hydrogens (tertiary/aromatic N) is 3. The van der Waals surface area contributed by atoms with E-state index in [0.717, 1.165) is 12.6 Å². The number of aromatic nitrogens is 3. The molecule has 0 unspecified atom stereocenters. The number of halogens is 1. The van der Waals surface area contributed by atoms with Crippen LogP contribution in [0, 0.1) is 12.7 Å². The molecule has 0 radical (unpaired) electrons. The Morgan fingerprint density at radius 1 is 1.57 bits per heavy atom. The quantitative estimate of drug-likeness (QED) is 0.918. The van der Waals surface area contributed by atoms with Crippen molar-refractivity contribution in [2.45, 2.75) is 32.9 Å². The summed E-state index contributed by atoms with van der Waals surface area (Å²) in [5.41, 5.74) is 0.682. The molecule has 1 aliphatic rings. The first-order valence-corrected chi connectivity index (χ1v) is 6.60. The molecule has 3 rings (SSSR count). The Bertz CT molecular complexity index is 726. The van der Waals surface area contributed by atoms with Gasteiger partial charge in [0.25, 0.3) is 0 Å². The predicted molar refractivity (Wildman–Crippen MR) is 71.8 cm³/mol. The number of rotatable bonds is 2. The third-order valence-corrected chi connectivity index (χ3v) is 3.43. The lowest BCUT2D eigenvalue weighted by Crippen LogP contribution is -2.24. The zero-order chi connectivity index (χ0) is 15.1. The molecule has 2 aromatic rings. The minimum absolute atomic E-state index is 0.0783. The normalized spacial score (nSPS) is 17.2. The Morgan fingerprint density at radius 2 is 2.33 bits per heavy atom. The molecule has 110 valence electrons. The molecule has 21 heavy (non-hydrogen) atoms. The average molecular weight is 291 g/mol. The number of pyridine rings is 1. The van der Waals surface area contributed by atoms with Gasteiger partial charge in [0.15, 0.2) is 5.82 Å². The molecule has 0 bridgehead atoms. The lowest BCUT2D eigenvalue weighted by atomic mass is 10.1. The fourth-order valence-corrected chi connectivity index (χ4v) is 2.38. The predicted octanol–water partition coefficient (Wildman–Crippen LogP) is 2.26. The van der Waals surface area contributed by atoms with Gasteiger partial charge in [0.1, 0.15) is 11.3 Å².